The number of carbonyl (C=O) groups excluding carboxylic acids is 2. The van der Waals surface area contributed by atoms with E-state index < -0.39 is 0 Å². The zero-order valence-electron chi connectivity index (χ0n) is 13.0. The van der Waals surface area contributed by atoms with E-state index in [1.807, 2.05) is 29.2 Å². The number of nitrogens with zero attached hydrogens (tertiary/aromatic N) is 1. The van der Waals surface area contributed by atoms with Crippen LogP contribution in [-0.4, -0.2) is 18.4 Å². The highest BCUT2D eigenvalue weighted by atomic mass is 16.2. The van der Waals surface area contributed by atoms with E-state index in [1.54, 1.807) is 0 Å². The Morgan fingerprint density at radius 3 is 2.50 bits per heavy atom. The molecule has 1 aromatic carbocycles. The average Bonchev–Trinajstić information content (AvgIpc) is 3.01. The fraction of sp³-hybridized carbons (Fsp3) is 0.556. The van der Waals surface area contributed by atoms with Crippen molar-refractivity contribution in [3.63, 3.8) is 0 Å². The second kappa shape index (κ2) is 6.95. The minimum atomic E-state index is 0.105. The van der Waals surface area contributed by atoms with Gasteiger partial charge in [-0.2, -0.15) is 0 Å². The molecule has 0 atom stereocenters. The fourth-order valence-electron chi connectivity index (χ4n) is 3.49. The second-order valence-corrected chi connectivity index (χ2v) is 6.45. The van der Waals surface area contributed by atoms with Crippen molar-refractivity contribution < 1.29 is 9.59 Å². The number of benzene rings is 1. The van der Waals surface area contributed by atoms with E-state index in [0.29, 0.717) is 18.8 Å². The Balaban J connectivity index is 1.56. The first-order valence-corrected chi connectivity index (χ1v) is 8.42. The van der Waals surface area contributed by atoms with Gasteiger partial charge in [0.05, 0.1) is 0 Å². The molecular weight excluding hydrogens is 276 g/mol. The Morgan fingerprint density at radius 2 is 1.82 bits per heavy atom. The summed E-state index contributed by atoms with van der Waals surface area (Å²) in [5.74, 6) is 0.864. The summed E-state index contributed by atoms with van der Waals surface area (Å²) in [7, 11) is 0. The predicted molar refractivity (Wildman–Crippen MR) is 87.9 cm³/mol. The molecule has 4 heteroatoms. The maximum Gasteiger partial charge on any atom is 0.226 e. The number of carbonyl (C=O) groups is 2. The number of hydrogen-bond donors (Lipinski definition) is 1. The second-order valence-electron chi connectivity index (χ2n) is 6.45. The van der Waals surface area contributed by atoms with Gasteiger partial charge in [0.2, 0.25) is 11.8 Å². The molecule has 1 saturated heterocycles. The van der Waals surface area contributed by atoms with Crippen molar-refractivity contribution >= 4 is 23.2 Å². The molecule has 2 aliphatic rings. The van der Waals surface area contributed by atoms with Crippen LogP contribution in [0.1, 0.15) is 51.4 Å². The van der Waals surface area contributed by atoms with Gasteiger partial charge in [-0.25, -0.2) is 0 Å². The molecule has 2 fully saturated rings. The van der Waals surface area contributed by atoms with Gasteiger partial charge in [0.1, 0.15) is 0 Å². The largest absolute Gasteiger partial charge is 0.326 e. The Morgan fingerprint density at radius 1 is 1.09 bits per heavy atom. The molecular formula is C18H24N2O2. The molecule has 1 aromatic rings. The van der Waals surface area contributed by atoms with Gasteiger partial charge < -0.3 is 10.2 Å². The predicted octanol–water partition coefficient (Wildman–Crippen LogP) is 3.72. The van der Waals surface area contributed by atoms with E-state index >= 15 is 0 Å². The third-order valence-electron chi connectivity index (χ3n) is 4.73. The Hall–Kier alpha value is -1.84. The smallest absolute Gasteiger partial charge is 0.226 e. The van der Waals surface area contributed by atoms with Crippen LogP contribution in [0, 0.1) is 5.92 Å². The van der Waals surface area contributed by atoms with Crippen molar-refractivity contribution in [1.82, 2.24) is 0 Å². The van der Waals surface area contributed by atoms with Crippen LogP contribution in [0.25, 0.3) is 0 Å². The zero-order chi connectivity index (χ0) is 15.4. The molecule has 2 amide bonds. The third-order valence-corrected chi connectivity index (χ3v) is 4.73. The highest BCUT2D eigenvalue weighted by Crippen LogP contribution is 2.28. The summed E-state index contributed by atoms with van der Waals surface area (Å²) in [4.78, 5) is 25.8. The molecule has 4 nitrogen and oxygen atoms in total. The number of hydrogen-bond acceptors (Lipinski definition) is 2. The zero-order valence-corrected chi connectivity index (χ0v) is 13.0. The van der Waals surface area contributed by atoms with Gasteiger partial charge in [0, 0.05) is 30.8 Å². The molecule has 1 aliphatic carbocycles. The summed E-state index contributed by atoms with van der Waals surface area (Å²) in [6, 6.07) is 7.64. The molecule has 22 heavy (non-hydrogen) atoms. The van der Waals surface area contributed by atoms with Crippen LogP contribution in [0.4, 0.5) is 11.4 Å². The lowest BCUT2D eigenvalue weighted by atomic mass is 10.0. The van der Waals surface area contributed by atoms with Gasteiger partial charge in [-0.15, -0.1) is 0 Å². The molecule has 1 aliphatic heterocycles. The van der Waals surface area contributed by atoms with Crippen molar-refractivity contribution in [2.45, 2.75) is 51.4 Å². The van der Waals surface area contributed by atoms with Gasteiger partial charge in [-0.1, -0.05) is 12.8 Å². The monoisotopic (exact) mass is 300 g/mol. The summed E-state index contributed by atoms with van der Waals surface area (Å²) >= 11 is 0. The van der Waals surface area contributed by atoms with Crippen molar-refractivity contribution in [3.05, 3.63) is 24.3 Å². The van der Waals surface area contributed by atoms with Crippen molar-refractivity contribution in [2.75, 3.05) is 16.8 Å². The van der Waals surface area contributed by atoms with Crippen LogP contribution in [0.15, 0.2) is 24.3 Å². The summed E-state index contributed by atoms with van der Waals surface area (Å²) in [6.07, 6.45) is 8.21. The van der Waals surface area contributed by atoms with Crippen molar-refractivity contribution in [1.29, 1.82) is 0 Å². The van der Waals surface area contributed by atoms with Gasteiger partial charge in [-0.05, 0) is 55.9 Å². The maximum absolute atomic E-state index is 12.0. The normalized spacial score (nSPS) is 19.5. The number of rotatable bonds is 4. The van der Waals surface area contributed by atoms with Crippen molar-refractivity contribution in [3.8, 4) is 0 Å². The van der Waals surface area contributed by atoms with Crippen LogP contribution in [0.5, 0.6) is 0 Å². The Labute approximate surface area is 131 Å². The van der Waals surface area contributed by atoms with Crippen molar-refractivity contribution in [2.24, 2.45) is 5.92 Å². The van der Waals surface area contributed by atoms with E-state index in [1.165, 1.54) is 25.7 Å². The minimum absolute atomic E-state index is 0.105. The maximum atomic E-state index is 12.0. The molecule has 0 bridgehead atoms. The van der Waals surface area contributed by atoms with Crippen LogP contribution in [-0.2, 0) is 9.59 Å². The first-order chi connectivity index (χ1) is 10.7. The molecule has 0 aromatic heterocycles. The van der Waals surface area contributed by atoms with E-state index in [9.17, 15) is 9.59 Å². The highest BCUT2D eigenvalue weighted by molar-refractivity contribution is 5.95. The molecule has 1 heterocycles. The molecule has 3 rings (SSSR count). The number of anilines is 2. The first-order valence-electron chi connectivity index (χ1n) is 8.42. The van der Waals surface area contributed by atoms with Gasteiger partial charge in [0.25, 0.3) is 0 Å². The molecule has 0 spiro atoms. The lowest BCUT2D eigenvalue weighted by molar-refractivity contribution is -0.119. The molecule has 1 saturated carbocycles. The summed E-state index contributed by atoms with van der Waals surface area (Å²) < 4.78 is 0. The topological polar surface area (TPSA) is 49.4 Å². The standard InChI is InChI=1S/C18H24N2O2/c21-17(13-14-5-1-2-6-14)19-15-8-10-16(11-9-15)20-12-4-3-7-18(20)22/h8-11,14H,1-7,12-13H2,(H,19,21). The molecule has 1 N–H and O–H groups in total. The average molecular weight is 300 g/mol. The number of piperidine rings is 1. The number of amides is 2. The van der Waals surface area contributed by atoms with Gasteiger partial charge in [0.15, 0.2) is 0 Å². The Kier molecular flexibility index (Phi) is 4.76. The minimum Gasteiger partial charge on any atom is -0.326 e. The summed E-state index contributed by atoms with van der Waals surface area (Å²) in [6.45, 7) is 0.798. The molecule has 0 radical (unpaired) electrons. The third kappa shape index (κ3) is 3.67. The SMILES string of the molecule is O=C(CC1CCCC1)Nc1ccc(N2CCCCC2=O)cc1. The van der Waals surface area contributed by atoms with Crippen LogP contribution in [0.3, 0.4) is 0 Å². The number of nitrogens with one attached hydrogen (secondary N) is 1. The fourth-order valence-corrected chi connectivity index (χ4v) is 3.49. The summed E-state index contributed by atoms with van der Waals surface area (Å²) in [5.41, 5.74) is 1.75. The van der Waals surface area contributed by atoms with Gasteiger partial charge >= 0.3 is 0 Å². The molecule has 118 valence electrons. The van der Waals surface area contributed by atoms with Crippen LogP contribution < -0.4 is 10.2 Å². The first kappa shape index (κ1) is 15.1. The van der Waals surface area contributed by atoms with E-state index in [4.69, 9.17) is 0 Å². The Bertz CT molecular complexity index is 533. The lowest BCUT2D eigenvalue weighted by Gasteiger charge is -2.26. The van der Waals surface area contributed by atoms with Gasteiger partial charge in [-0.3, -0.25) is 9.59 Å². The van der Waals surface area contributed by atoms with Crippen LogP contribution >= 0.6 is 0 Å². The lowest BCUT2D eigenvalue weighted by Crippen LogP contribution is -2.35. The van der Waals surface area contributed by atoms with E-state index in [2.05, 4.69) is 5.32 Å². The van der Waals surface area contributed by atoms with E-state index in [-0.39, 0.29) is 11.8 Å². The quantitative estimate of drug-likeness (QED) is 0.921. The van der Waals surface area contributed by atoms with Crippen LogP contribution in [0.2, 0.25) is 0 Å². The summed E-state index contributed by atoms with van der Waals surface area (Å²) in [5, 5.41) is 2.97. The molecule has 0 unspecified atom stereocenters. The van der Waals surface area contributed by atoms with E-state index in [0.717, 1.165) is 30.8 Å². The highest BCUT2D eigenvalue weighted by Gasteiger charge is 2.20.